The molecule has 3 N–H and O–H groups in total. The number of likely N-dealkylation sites (tertiary alicyclic amines) is 1. The summed E-state index contributed by atoms with van der Waals surface area (Å²) in [4.78, 5) is 4.83. The quantitative estimate of drug-likeness (QED) is 0.333. The van der Waals surface area contributed by atoms with Crippen molar-refractivity contribution in [2.75, 3.05) is 39.8 Å². The Morgan fingerprint density at radius 2 is 2.26 bits per heavy atom. The number of morpholine rings is 1. The van der Waals surface area contributed by atoms with Gasteiger partial charge < -0.3 is 20.6 Å². The molecule has 2 heterocycles. The Morgan fingerprint density at radius 3 is 3.00 bits per heavy atom. The van der Waals surface area contributed by atoms with Gasteiger partial charge >= 0.3 is 0 Å². The molecular formula is C13H26N4O2. The van der Waals surface area contributed by atoms with E-state index in [9.17, 15) is 0 Å². The van der Waals surface area contributed by atoms with Crippen molar-refractivity contribution in [1.29, 1.82) is 0 Å². The highest BCUT2D eigenvalue weighted by Crippen LogP contribution is 2.18. The predicted molar refractivity (Wildman–Crippen MR) is 74.5 cm³/mol. The number of nitrogens with zero attached hydrogens (tertiary/aromatic N) is 3. The third-order valence-corrected chi connectivity index (χ3v) is 4.30. The Hall–Kier alpha value is -0.850. The van der Waals surface area contributed by atoms with Crippen LogP contribution in [0.25, 0.3) is 0 Å². The zero-order valence-electron chi connectivity index (χ0n) is 11.8. The number of piperidine rings is 1. The van der Waals surface area contributed by atoms with Crippen LogP contribution in [0.4, 0.5) is 0 Å². The number of ether oxygens (including phenoxy) is 1. The normalized spacial score (nSPS) is 31.5. The summed E-state index contributed by atoms with van der Waals surface area (Å²) < 4.78 is 5.51. The van der Waals surface area contributed by atoms with E-state index in [1.807, 2.05) is 0 Å². The molecule has 0 saturated carbocycles. The van der Waals surface area contributed by atoms with Crippen LogP contribution in [0.1, 0.15) is 25.7 Å². The van der Waals surface area contributed by atoms with Crippen LogP contribution in [0.2, 0.25) is 0 Å². The van der Waals surface area contributed by atoms with Gasteiger partial charge in [-0.2, -0.15) is 0 Å². The first-order valence-electron chi connectivity index (χ1n) is 7.22. The van der Waals surface area contributed by atoms with Crippen molar-refractivity contribution in [1.82, 2.24) is 9.80 Å². The van der Waals surface area contributed by atoms with Crippen molar-refractivity contribution >= 4 is 5.84 Å². The summed E-state index contributed by atoms with van der Waals surface area (Å²) in [7, 11) is 2.22. The van der Waals surface area contributed by atoms with Crippen LogP contribution in [-0.2, 0) is 4.74 Å². The lowest BCUT2D eigenvalue weighted by molar-refractivity contribution is 0.000969. The van der Waals surface area contributed by atoms with Gasteiger partial charge in [0, 0.05) is 19.1 Å². The van der Waals surface area contributed by atoms with Gasteiger partial charge in [0.05, 0.1) is 6.61 Å². The number of amidine groups is 1. The molecule has 0 aromatic heterocycles. The average molecular weight is 270 g/mol. The Morgan fingerprint density at radius 1 is 1.42 bits per heavy atom. The van der Waals surface area contributed by atoms with Gasteiger partial charge in [-0.25, -0.2) is 0 Å². The minimum Gasteiger partial charge on any atom is -0.409 e. The lowest BCUT2D eigenvalue weighted by Crippen LogP contribution is -2.49. The van der Waals surface area contributed by atoms with Crippen molar-refractivity contribution < 1.29 is 9.94 Å². The first-order chi connectivity index (χ1) is 9.20. The summed E-state index contributed by atoms with van der Waals surface area (Å²) in [5.74, 6) is 0.180. The molecule has 0 spiro atoms. The van der Waals surface area contributed by atoms with Crippen molar-refractivity contribution in [2.24, 2.45) is 10.9 Å². The van der Waals surface area contributed by atoms with Gasteiger partial charge in [-0.3, -0.25) is 4.90 Å². The maximum absolute atomic E-state index is 8.70. The largest absolute Gasteiger partial charge is 0.409 e. The molecule has 19 heavy (non-hydrogen) atoms. The molecule has 110 valence electrons. The number of oxime groups is 1. The van der Waals surface area contributed by atoms with E-state index in [-0.39, 0.29) is 11.9 Å². The summed E-state index contributed by atoms with van der Waals surface area (Å²) in [6.45, 7) is 4.60. The molecule has 2 saturated heterocycles. The SMILES string of the molecule is CN1CCCCC1CCN1CCOC(C(N)=NO)C1. The number of nitrogens with two attached hydrogens (primary N) is 1. The minimum absolute atomic E-state index is 0.180. The molecule has 2 aliphatic rings. The average Bonchev–Trinajstić information content (AvgIpc) is 2.46. The van der Waals surface area contributed by atoms with E-state index in [1.165, 1.54) is 32.2 Å². The Balaban J connectivity index is 1.76. The van der Waals surface area contributed by atoms with Gasteiger partial charge in [0.1, 0.15) is 6.10 Å². The number of hydrogen-bond acceptors (Lipinski definition) is 5. The maximum atomic E-state index is 8.70. The van der Waals surface area contributed by atoms with E-state index >= 15 is 0 Å². The van der Waals surface area contributed by atoms with Crippen LogP contribution in [0.3, 0.4) is 0 Å². The number of rotatable bonds is 4. The molecule has 0 bridgehead atoms. The van der Waals surface area contributed by atoms with Crippen molar-refractivity contribution in [3.05, 3.63) is 0 Å². The molecule has 2 rings (SSSR count). The molecule has 2 fully saturated rings. The van der Waals surface area contributed by atoms with Crippen LogP contribution >= 0.6 is 0 Å². The highest BCUT2D eigenvalue weighted by atomic mass is 16.5. The zero-order valence-corrected chi connectivity index (χ0v) is 11.8. The molecule has 2 aliphatic heterocycles. The topological polar surface area (TPSA) is 74.3 Å². The second-order valence-electron chi connectivity index (χ2n) is 5.60. The van der Waals surface area contributed by atoms with E-state index in [4.69, 9.17) is 15.7 Å². The molecule has 2 atom stereocenters. The van der Waals surface area contributed by atoms with Gasteiger partial charge in [-0.05, 0) is 39.4 Å². The van der Waals surface area contributed by atoms with Gasteiger partial charge in [0.2, 0.25) is 0 Å². The van der Waals surface area contributed by atoms with E-state index in [2.05, 4.69) is 22.0 Å². The van der Waals surface area contributed by atoms with Crippen LogP contribution < -0.4 is 5.73 Å². The van der Waals surface area contributed by atoms with Crippen LogP contribution in [0.5, 0.6) is 0 Å². The smallest absolute Gasteiger partial charge is 0.169 e. The lowest BCUT2D eigenvalue weighted by atomic mass is 10.00. The van der Waals surface area contributed by atoms with Crippen molar-refractivity contribution in [2.45, 2.75) is 37.8 Å². The molecule has 6 heteroatoms. The molecular weight excluding hydrogens is 244 g/mol. The summed E-state index contributed by atoms with van der Waals surface area (Å²) in [6, 6.07) is 0.707. The van der Waals surface area contributed by atoms with Crippen LogP contribution in [0.15, 0.2) is 5.16 Å². The predicted octanol–water partition coefficient (Wildman–Crippen LogP) is 0.308. The van der Waals surface area contributed by atoms with E-state index < -0.39 is 0 Å². The van der Waals surface area contributed by atoms with Crippen molar-refractivity contribution in [3.8, 4) is 0 Å². The van der Waals surface area contributed by atoms with E-state index in [0.717, 1.165) is 19.6 Å². The highest BCUT2D eigenvalue weighted by molar-refractivity contribution is 5.84. The summed E-state index contributed by atoms with van der Waals surface area (Å²) in [5.41, 5.74) is 5.61. The summed E-state index contributed by atoms with van der Waals surface area (Å²) in [6.07, 6.45) is 4.92. The first kappa shape index (κ1) is 14.6. The minimum atomic E-state index is -0.261. The lowest BCUT2D eigenvalue weighted by Gasteiger charge is -2.36. The molecule has 2 unspecified atom stereocenters. The standard InChI is InChI=1S/C13H26N4O2/c1-16-6-3-2-4-11(16)5-7-17-8-9-19-12(10-17)13(14)15-18/h11-12,18H,2-10H2,1H3,(H2,14,15). The fourth-order valence-corrected chi connectivity index (χ4v) is 2.99. The first-order valence-corrected chi connectivity index (χ1v) is 7.22. The Kier molecular flexibility index (Phi) is 5.42. The molecule has 6 nitrogen and oxygen atoms in total. The monoisotopic (exact) mass is 270 g/mol. The number of hydrogen-bond donors (Lipinski definition) is 2. The fourth-order valence-electron chi connectivity index (χ4n) is 2.99. The van der Waals surface area contributed by atoms with Gasteiger partial charge in [-0.1, -0.05) is 11.6 Å². The third-order valence-electron chi connectivity index (χ3n) is 4.30. The Labute approximate surface area is 115 Å². The highest BCUT2D eigenvalue weighted by Gasteiger charge is 2.25. The second-order valence-corrected chi connectivity index (χ2v) is 5.60. The fraction of sp³-hybridized carbons (Fsp3) is 0.923. The van der Waals surface area contributed by atoms with Gasteiger partial charge in [-0.15, -0.1) is 0 Å². The van der Waals surface area contributed by atoms with Gasteiger partial charge in [0.15, 0.2) is 5.84 Å². The molecule has 0 aliphatic carbocycles. The molecule has 0 amide bonds. The van der Waals surface area contributed by atoms with Crippen LogP contribution in [0, 0.1) is 0 Å². The summed E-state index contributed by atoms with van der Waals surface area (Å²) >= 11 is 0. The summed E-state index contributed by atoms with van der Waals surface area (Å²) in [5, 5.41) is 11.7. The van der Waals surface area contributed by atoms with Crippen LogP contribution in [-0.4, -0.2) is 72.8 Å². The van der Waals surface area contributed by atoms with Gasteiger partial charge in [0.25, 0.3) is 0 Å². The molecule has 0 aromatic rings. The molecule has 0 radical (unpaired) electrons. The van der Waals surface area contributed by atoms with E-state index in [1.54, 1.807) is 0 Å². The van der Waals surface area contributed by atoms with E-state index in [0.29, 0.717) is 12.6 Å². The third kappa shape index (κ3) is 4.06. The maximum Gasteiger partial charge on any atom is 0.169 e. The Bertz CT molecular complexity index is 311. The zero-order chi connectivity index (χ0) is 13.7. The molecule has 0 aromatic carbocycles. The van der Waals surface area contributed by atoms with Crippen molar-refractivity contribution in [3.63, 3.8) is 0 Å². The second kappa shape index (κ2) is 7.07.